The summed E-state index contributed by atoms with van der Waals surface area (Å²) >= 11 is 0. The van der Waals surface area contributed by atoms with E-state index >= 15 is 0 Å². The first-order chi connectivity index (χ1) is 11.1. The van der Waals surface area contributed by atoms with Gasteiger partial charge in [0.25, 0.3) is 5.89 Å². The first-order valence-corrected chi connectivity index (χ1v) is 7.76. The van der Waals surface area contributed by atoms with Crippen LogP contribution in [0.25, 0.3) is 12.2 Å². The van der Waals surface area contributed by atoms with Crippen LogP contribution in [-0.2, 0) is 5.54 Å². The van der Waals surface area contributed by atoms with Gasteiger partial charge in [0, 0.05) is 6.08 Å². The van der Waals surface area contributed by atoms with Crippen molar-refractivity contribution < 1.29 is 14.0 Å². The van der Waals surface area contributed by atoms with Crippen molar-refractivity contribution in [2.45, 2.75) is 31.7 Å². The third-order valence-corrected chi connectivity index (χ3v) is 4.04. The molecule has 1 heterocycles. The van der Waals surface area contributed by atoms with E-state index < -0.39 is 5.54 Å². The van der Waals surface area contributed by atoms with E-state index in [-0.39, 0.29) is 0 Å². The van der Waals surface area contributed by atoms with E-state index in [0.717, 1.165) is 30.6 Å². The SMILES string of the molecule is CCOc1ccc(/C=C/c2nc(C3(N)CCC3)no2)cc1OC. The molecule has 2 N–H and O–H groups in total. The molecule has 23 heavy (non-hydrogen) atoms. The second-order valence-electron chi connectivity index (χ2n) is 5.64. The fourth-order valence-corrected chi connectivity index (χ4v) is 2.52. The first-order valence-electron chi connectivity index (χ1n) is 7.76. The molecule has 1 aromatic carbocycles. The van der Waals surface area contributed by atoms with Gasteiger partial charge in [0.1, 0.15) is 0 Å². The Balaban J connectivity index is 1.75. The van der Waals surface area contributed by atoms with Crippen molar-refractivity contribution >= 4 is 12.2 Å². The van der Waals surface area contributed by atoms with Gasteiger partial charge >= 0.3 is 0 Å². The summed E-state index contributed by atoms with van der Waals surface area (Å²) in [7, 11) is 1.62. The van der Waals surface area contributed by atoms with E-state index in [9.17, 15) is 0 Å². The Bertz CT molecular complexity index is 705. The van der Waals surface area contributed by atoms with Gasteiger partial charge in [0.05, 0.1) is 19.3 Å². The van der Waals surface area contributed by atoms with Crippen LogP contribution in [0, 0.1) is 0 Å². The van der Waals surface area contributed by atoms with Crippen LogP contribution in [0.3, 0.4) is 0 Å². The van der Waals surface area contributed by atoms with E-state index in [0.29, 0.717) is 24.1 Å². The third-order valence-electron chi connectivity index (χ3n) is 4.04. The van der Waals surface area contributed by atoms with Gasteiger partial charge in [-0.1, -0.05) is 11.2 Å². The van der Waals surface area contributed by atoms with Crippen LogP contribution in [0.5, 0.6) is 11.5 Å². The lowest BCUT2D eigenvalue weighted by atomic mass is 9.77. The van der Waals surface area contributed by atoms with Gasteiger partial charge in [-0.25, -0.2) is 0 Å². The number of methoxy groups -OCH3 is 1. The van der Waals surface area contributed by atoms with Gasteiger partial charge in [0.2, 0.25) is 0 Å². The molecule has 6 heteroatoms. The van der Waals surface area contributed by atoms with Crippen LogP contribution < -0.4 is 15.2 Å². The number of rotatable bonds is 6. The molecule has 0 saturated heterocycles. The molecule has 122 valence electrons. The minimum atomic E-state index is -0.405. The zero-order chi connectivity index (χ0) is 16.3. The summed E-state index contributed by atoms with van der Waals surface area (Å²) in [6.45, 7) is 2.53. The number of nitrogens with zero attached hydrogens (tertiary/aromatic N) is 2. The van der Waals surface area contributed by atoms with Crippen molar-refractivity contribution in [2.75, 3.05) is 13.7 Å². The molecule has 0 unspecified atom stereocenters. The van der Waals surface area contributed by atoms with Crippen LogP contribution in [0.2, 0.25) is 0 Å². The largest absolute Gasteiger partial charge is 0.493 e. The summed E-state index contributed by atoms with van der Waals surface area (Å²) in [5, 5.41) is 3.99. The van der Waals surface area contributed by atoms with Gasteiger partial charge in [-0.05, 0) is 50.0 Å². The highest BCUT2D eigenvalue weighted by atomic mass is 16.5. The van der Waals surface area contributed by atoms with Crippen molar-refractivity contribution in [3.8, 4) is 11.5 Å². The van der Waals surface area contributed by atoms with Gasteiger partial charge in [-0.2, -0.15) is 4.98 Å². The molecular weight excluding hydrogens is 294 g/mol. The number of hydrogen-bond acceptors (Lipinski definition) is 6. The summed E-state index contributed by atoms with van der Waals surface area (Å²) in [4.78, 5) is 4.36. The zero-order valence-corrected chi connectivity index (χ0v) is 13.4. The highest BCUT2D eigenvalue weighted by Gasteiger charge is 2.38. The molecular formula is C17H21N3O3. The molecule has 0 atom stereocenters. The van der Waals surface area contributed by atoms with E-state index in [1.807, 2.05) is 31.2 Å². The Morgan fingerprint density at radius 2 is 2.13 bits per heavy atom. The normalized spacial score (nSPS) is 16.3. The van der Waals surface area contributed by atoms with E-state index in [2.05, 4.69) is 10.1 Å². The zero-order valence-electron chi connectivity index (χ0n) is 13.4. The van der Waals surface area contributed by atoms with Crippen molar-refractivity contribution in [1.29, 1.82) is 0 Å². The molecule has 0 bridgehead atoms. The second-order valence-corrected chi connectivity index (χ2v) is 5.64. The topological polar surface area (TPSA) is 83.4 Å². The smallest absolute Gasteiger partial charge is 0.250 e. The molecule has 1 saturated carbocycles. The Morgan fingerprint density at radius 1 is 1.30 bits per heavy atom. The van der Waals surface area contributed by atoms with E-state index in [1.54, 1.807) is 13.2 Å². The number of nitrogens with two attached hydrogens (primary N) is 1. The van der Waals surface area contributed by atoms with E-state index in [1.165, 1.54) is 0 Å². The maximum Gasteiger partial charge on any atom is 0.250 e. The van der Waals surface area contributed by atoms with Gasteiger partial charge in [-0.3, -0.25) is 0 Å². The lowest BCUT2D eigenvalue weighted by molar-refractivity contribution is 0.229. The van der Waals surface area contributed by atoms with Crippen LogP contribution in [0.15, 0.2) is 22.7 Å². The summed E-state index contributed by atoms with van der Waals surface area (Å²) in [6, 6.07) is 5.72. The molecule has 0 radical (unpaired) electrons. The lowest BCUT2D eigenvalue weighted by Gasteiger charge is -2.34. The predicted molar refractivity (Wildman–Crippen MR) is 87.1 cm³/mol. The van der Waals surface area contributed by atoms with Crippen molar-refractivity contribution in [3.63, 3.8) is 0 Å². The average Bonchev–Trinajstić information content (AvgIpc) is 3.01. The standard InChI is InChI=1S/C17H21N3O3/c1-3-22-13-7-5-12(11-14(13)21-2)6-8-15-19-16(20-23-15)17(18)9-4-10-17/h5-8,11H,3-4,9-10,18H2,1-2H3/b8-6+. The van der Waals surface area contributed by atoms with E-state index in [4.69, 9.17) is 19.7 Å². The molecule has 0 amide bonds. The molecule has 1 fully saturated rings. The predicted octanol–water partition coefficient (Wildman–Crippen LogP) is 2.99. The fraction of sp³-hybridized carbons (Fsp3) is 0.412. The highest BCUT2D eigenvalue weighted by molar-refractivity contribution is 5.67. The molecule has 6 nitrogen and oxygen atoms in total. The van der Waals surface area contributed by atoms with Crippen LogP contribution in [0.4, 0.5) is 0 Å². The van der Waals surface area contributed by atoms with Gasteiger partial charge in [0.15, 0.2) is 17.3 Å². The molecule has 1 aromatic heterocycles. The Labute approximate surface area is 135 Å². The Kier molecular flexibility index (Phi) is 4.34. The lowest BCUT2D eigenvalue weighted by Crippen LogP contribution is -2.44. The highest BCUT2D eigenvalue weighted by Crippen LogP contribution is 2.37. The minimum absolute atomic E-state index is 0.405. The third kappa shape index (κ3) is 3.22. The summed E-state index contributed by atoms with van der Waals surface area (Å²) in [6.07, 6.45) is 6.59. The quantitative estimate of drug-likeness (QED) is 0.882. The monoisotopic (exact) mass is 315 g/mol. The van der Waals surface area contributed by atoms with Gasteiger partial charge < -0.3 is 19.7 Å². The average molecular weight is 315 g/mol. The summed E-state index contributed by atoms with van der Waals surface area (Å²) in [5.74, 6) is 2.45. The van der Waals surface area contributed by atoms with Gasteiger partial charge in [-0.15, -0.1) is 0 Å². The molecule has 0 spiro atoms. The summed E-state index contributed by atoms with van der Waals surface area (Å²) in [5.41, 5.74) is 6.74. The molecule has 1 aliphatic rings. The van der Waals surface area contributed by atoms with Crippen LogP contribution in [0.1, 0.15) is 43.5 Å². The maximum atomic E-state index is 6.19. The Morgan fingerprint density at radius 3 is 2.78 bits per heavy atom. The maximum absolute atomic E-state index is 6.19. The molecule has 3 rings (SSSR count). The van der Waals surface area contributed by atoms with Crippen LogP contribution >= 0.6 is 0 Å². The molecule has 1 aliphatic carbocycles. The number of benzene rings is 1. The van der Waals surface area contributed by atoms with Crippen molar-refractivity contribution in [3.05, 3.63) is 35.5 Å². The molecule has 2 aromatic rings. The number of hydrogen-bond donors (Lipinski definition) is 1. The molecule has 0 aliphatic heterocycles. The second kappa shape index (κ2) is 6.42. The van der Waals surface area contributed by atoms with Crippen molar-refractivity contribution in [1.82, 2.24) is 10.1 Å². The fourth-order valence-electron chi connectivity index (χ4n) is 2.52. The number of aromatic nitrogens is 2. The first kappa shape index (κ1) is 15.6. The summed E-state index contributed by atoms with van der Waals surface area (Å²) < 4.78 is 16.1. The number of ether oxygens (including phenoxy) is 2. The Hall–Kier alpha value is -2.34. The van der Waals surface area contributed by atoms with Crippen molar-refractivity contribution in [2.24, 2.45) is 5.73 Å². The van der Waals surface area contributed by atoms with Crippen LogP contribution in [-0.4, -0.2) is 23.9 Å². The minimum Gasteiger partial charge on any atom is -0.493 e.